The lowest BCUT2D eigenvalue weighted by Crippen LogP contribution is -2.36. The van der Waals surface area contributed by atoms with Gasteiger partial charge in [0, 0.05) is 24.9 Å². The zero-order valence-electron chi connectivity index (χ0n) is 11.1. The van der Waals surface area contributed by atoms with E-state index in [2.05, 4.69) is 29.1 Å². The first-order valence-electron chi connectivity index (χ1n) is 6.95. The van der Waals surface area contributed by atoms with Crippen LogP contribution in [0.25, 0.3) is 0 Å². The van der Waals surface area contributed by atoms with Crippen LogP contribution < -0.4 is 5.32 Å². The Morgan fingerprint density at radius 1 is 1.29 bits per heavy atom. The quantitative estimate of drug-likeness (QED) is 0.770. The van der Waals surface area contributed by atoms with Crippen molar-refractivity contribution in [2.24, 2.45) is 11.8 Å². The zero-order chi connectivity index (χ0) is 12.1. The van der Waals surface area contributed by atoms with Gasteiger partial charge < -0.3 is 10.3 Å². The van der Waals surface area contributed by atoms with Crippen LogP contribution in [-0.2, 0) is 6.42 Å². The van der Waals surface area contributed by atoms with Gasteiger partial charge in [-0.25, -0.2) is 4.98 Å². The molecule has 1 aromatic heterocycles. The van der Waals surface area contributed by atoms with Crippen molar-refractivity contribution in [3.63, 3.8) is 0 Å². The predicted octanol–water partition coefficient (Wildman–Crippen LogP) is 2.76. The van der Waals surface area contributed by atoms with Crippen LogP contribution in [0.5, 0.6) is 0 Å². The summed E-state index contributed by atoms with van der Waals surface area (Å²) in [5.74, 6) is 2.89. The maximum atomic E-state index is 4.24. The average Bonchev–Trinajstić information content (AvgIpc) is 2.76. The molecule has 1 aromatic rings. The third kappa shape index (κ3) is 4.15. The molecule has 0 radical (unpaired) electrons. The highest BCUT2D eigenvalue weighted by atomic mass is 14.9. The van der Waals surface area contributed by atoms with Gasteiger partial charge in [0.05, 0.1) is 0 Å². The van der Waals surface area contributed by atoms with Crippen molar-refractivity contribution in [3.8, 4) is 0 Å². The van der Waals surface area contributed by atoms with Crippen molar-refractivity contribution in [2.75, 3.05) is 6.54 Å². The second-order valence-corrected chi connectivity index (χ2v) is 5.71. The molecule has 96 valence electrons. The minimum Gasteiger partial charge on any atom is -0.349 e. The number of hydrogen-bond acceptors (Lipinski definition) is 2. The fourth-order valence-corrected chi connectivity index (χ4v) is 3.11. The molecule has 17 heavy (non-hydrogen) atoms. The van der Waals surface area contributed by atoms with E-state index in [1.54, 1.807) is 0 Å². The molecule has 1 aliphatic rings. The molecule has 0 spiro atoms. The van der Waals surface area contributed by atoms with Gasteiger partial charge in [-0.3, -0.25) is 0 Å². The Labute approximate surface area is 104 Å². The van der Waals surface area contributed by atoms with Gasteiger partial charge in [0.15, 0.2) is 0 Å². The fourth-order valence-electron chi connectivity index (χ4n) is 3.11. The molecule has 2 unspecified atom stereocenters. The number of aryl methyl sites for hydroxylation is 1. The van der Waals surface area contributed by atoms with E-state index in [-0.39, 0.29) is 0 Å². The Morgan fingerprint density at radius 3 is 2.71 bits per heavy atom. The van der Waals surface area contributed by atoms with Crippen LogP contribution in [0.3, 0.4) is 0 Å². The molecule has 3 heteroatoms. The summed E-state index contributed by atoms with van der Waals surface area (Å²) in [6.07, 6.45) is 10.1. The molecule has 2 atom stereocenters. The van der Waals surface area contributed by atoms with Crippen LogP contribution in [0.1, 0.15) is 45.4 Å². The topological polar surface area (TPSA) is 40.7 Å². The SMILES string of the molecule is CC1CC(C)CC(NCCCc2ncc[nH]2)C1. The maximum absolute atomic E-state index is 4.24. The van der Waals surface area contributed by atoms with E-state index in [4.69, 9.17) is 0 Å². The number of H-pyrrole nitrogens is 1. The summed E-state index contributed by atoms with van der Waals surface area (Å²) < 4.78 is 0. The number of imidazole rings is 1. The molecule has 0 aromatic carbocycles. The minimum absolute atomic E-state index is 0.741. The smallest absolute Gasteiger partial charge is 0.106 e. The highest BCUT2D eigenvalue weighted by molar-refractivity contribution is 4.87. The van der Waals surface area contributed by atoms with Gasteiger partial charge in [-0.2, -0.15) is 0 Å². The van der Waals surface area contributed by atoms with Gasteiger partial charge >= 0.3 is 0 Å². The molecule has 2 N–H and O–H groups in total. The van der Waals surface area contributed by atoms with E-state index >= 15 is 0 Å². The normalized spacial score (nSPS) is 29.4. The number of rotatable bonds is 5. The molecule has 0 saturated heterocycles. The number of nitrogens with zero attached hydrogens (tertiary/aromatic N) is 1. The molecular weight excluding hydrogens is 210 g/mol. The van der Waals surface area contributed by atoms with Crippen molar-refractivity contribution >= 4 is 0 Å². The summed E-state index contributed by atoms with van der Waals surface area (Å²) in [5, 5.41) is 3.70. The molecular formula is C14H25N3. The first kappa shape index (κ1) is 12.6. The van der Waals surface area contributed by atoms with Gasteiger partial charge in [-0.1, -0.05) is 13.8 Å². The number of hydrogen-bond donors (Lipinski definition) is 2. The van der Waals surface area contributed by atoms with E-state index in [9.17, 15) is 0 Å². The third-order valence-electron chi connectivity index (χ3n) is 3.76. The van der Waals surface area contributed by atoms with E-state index < -0.39 is 0 Å². The molecule has 1 heterocycles. The molecule has 3 nitrogen and oxygen atoms in total. The Balaban J connectivity index is 1.61. The van der Waals surface area contributed by atoms with Crippen LogP contribution in [0, 0.1) is 11.8 Å². The van der Waals surface area contributed by atoms with Gasteiger partial charge in [-0.05, 0) is 44.1 Å². The van der Waals surface area contributed by atoms with Gasteiger partial charge in [0.2, 0.25) is 0 Å². The molecule has 0 amide bonds. The van der Waals surface area contributed by atoms with Gasteiger partial charge in [-0.15, -0.1) is 0 Å². The Hall–Kier alpha value is -0.830. The van der Waals surface area contributed by atoms with Crippen molar-refractivity contribution < 1.29 is 0 Å². The van der Waals surface area contributed by atoms with Crippen LogP contribution in [-0.4, -0.2) is 22.6 Å². The van der Waals surface area contributed by atoms with Crippen LogP contribution >= 0.6 is 0 Å². The predicted molar refractivity (Wildman–Crippen MR) is 70.9 cm³/mol. The average molecular weight is 235 g/mol. The van der Waals surface area contributed by atoms with E-state index in [1.165, 1.54) is 25.7 Å². The van der Waals surface area contributed by atoms with E-state index in [1.807, 2.05) is 12.4 Å². The van der Waals surface area contributed by atoms with Gasteiger partial charge in [0.25, 0.3) is 0 Å². The molecule has 1 saturated carbocycles. The van der Waals surface area contributed by atoms with Crippen LogP contribution in [0.15, 0.2) is 12.4 Å². The Morgan fingerprint density at radius 2 is 2.06 bits per heavy atom. The molecule has 0 bridgehead atoms. The van der Waals surface area contributed by atoms with E-state index in [0.29, 0.717) is 0 Å². The van der Waals surface area contributed by atoms with Gasteiger partial charge in [0.1, 0.15) is 5.82 Å². The highest BCUT2D eigenvalue weighted by Gasteiger charge is 2.22. The third-order valence-corrected chi connectivity index (χ3v) is 3.76. The Bertz CT molecular complexity index is 297. The lowest BCUT2D eigenvalue weighted by molar-refractivity contribution is 0.239. The first-order chi connectivity index (χ1) is 8.24. The second-order valence-electron chi connectivity index (χ2n) is 5.71. The largest absolute Gasteiger partial charge is 0.349 e. The molecule has 2 rings (SSSR count). The lowest BCUT2D eigenvalue weighted by atomic mass is 9.80. The molecule has 1 aliphatic carbocycles. The molecule has 1 fully saturated rings. The lowest BCUT2D eigenvalue weighted by Gasteiger charge is -2.32. The second kappa shape index (κ2) is 6.20. The van der Waals surface area contributed by atoms with Crippen molar-refractivity contribution in [2.45, 2.75) is 52.0 Å². The highest BCUT2D eigenvalue weighted by Crippen LogP contribution is 2.28. The first-order valence-corrected chi connectivity index (χ1v) is 6.95. The number of nitrogens with one attached hydrogen (secondary N) is 2. The maximum Gasteiger partial charge on any atom is 0.106 e. The van der Waals surface area contributed by atoms with Crippen LogP contribution in [0.2, 0.25) is 0 Å². The van der Waals surface area contributed by atoms with Crippen molar-refractivity contribution in [1.82, 2.24) is 15.3 Å². The summed E-state index contributed by atoms with van der Waals surface area (Å²) in [6.45, 7) is 5.88. The summed E-state index contributed by atoms with van der Waals surface area (Å²) >= 11 is 0. The Kier molecular flexibility index (Phi) is 4.60. The zero-order valence-corrected chi connectivity index (χ0v) is 11.1. The number of aromatic nitrogens is 2. The van der Waals surface area contributed by atoms with E-state index in [0.717, 1.165) is 36.7 Å². The van der Waals surface area contributed by atoms with Crippen LogP contribution in [0.4, 0.5) is 0 Å². The summed E-state index contributed by atoms with van der Waals surface area (Å²) in [4.78, 5) is 7.39. The van der Waals surface area contributed by atoms with Crippen molar-refractivity contribution in [1.29, 1.82) is 0 Å². The van der Waals surface area contributed by atoms with Crippen molar-refractivity contribution in [3.05, 3.63) is 18.2 Å². The summed E-state index contributed by atoms with van der Waals surface area (Å²) in [6, 6.07) is 0.741. The summed E-state index contributed by atoms with van der Waals surface area (Å²) in [5.41, 5.74) is 0. The number of aromatic amines is 1. The standard InChI is InChI=1S/C14H25N3/c1-11-8-12(2)10-13(9-11)15-5-3-4-14-16-6-7-17-14/h6-7,11-13,15H,3-5,8-10H2,1-2H3,(H,16,17). The fraction of sp³-hybridized carbons (Fsp3) is 0.786. The minimum atomic E-state index is 0.741. The summed E-state index contributed by atoms with van der Waals surface area (Å²) in [7, 11) is 0. The molecule has 0 aliphatic heterocycles. The monoisotopic (exact) mass is 235 g/mol.